The van der Waals surface area contributed by atoms with E-state index in [-0.39, 0.29) is 18.7 Å². The van der Waals surface area contributed by atoms with E-state index in [9.17, 15) is 29.8 Å². The zero-order valence-electron chi connectivity index (χ0n) is 14.0. The molecule has 0 aromatic heterocycles. The Labute approximate surface area is 148 Å². The van der Waals surface area contributed by atoms with E-state index in [4.69, 9.17) is 0 Å². The summed E-state index contributed by atoms with van der Waals surface area (Å²) in [7, 11) is 1.16. The van der Waals surface area contributed by atoms with Gasteiger partial charge in [-0.25, -0.2) is 14.9 Å². The fourth-order valence-corrected chi connectivity index (χ4v) is 2.81. The standard InChI is InChI=1S/C15H18N4O7/c1-26-15(21)12(9-10-4-6-11(7-5-10)18(22)23)16-14(20)13-3-2-8-17(13)19(24)25/h4-7,12-13H,2-3,8-9H2,1H3,(H,16,20)/t12-,13-/m0/s1. The molecule has 0 bridgehead atoms. The van der Waals surface area contributed by atoms with E-state index in [2.05, 4.69) is 10.1 Å². The fraction of sp³-hybridized carbons (Fsp3) is 0.467. The van der Waals surface area contributed by atoms with Gasteiger partial charge in [0.05, 0.1) is 18.6 Å². The van der Waals surface area contributed by atoms with Crippen molar-refractivity contribution in [3.63, 3.8) is 0 Å². The number of non-ortho nitro benzene ring substituents is 1. The van der Waals surface area contributed by atoms with Crippen molar-refractivity contribution in [2.24, 2.45) is 0 Å². The monoisotopic (exact) mass is 366 g/mol. The summed E-state index contributed by atoms with van der Waals surface area (Å²) in [5, 5.41) is 24.4. The molecular formula is C15H18N4O7. The molecule has 1 N–H and O–H groups in total. The van der Waals surface area contributed by atoms with Crippen molar-refractivity contribution >= 4 is 17.6 Å². The van der Waals surface area contributed by atoms with Crippen LogP contribution in [-0.4, -0.2) is 52.6 Å². The van der Waals surface area contributed by atoms with E-state index in [1.54, 1.807) is 0 Å². The van der Waals surface area contributed by atoms with E-state index in [1.165, 1.54) is 24.3 Å². The van der Waals surface area contributed by atoms with E-state index in [1.807, 2.05) is 0 Å². The Morgan fingerprint density at radius 2 is 1.96 bits per heavy atom. The third-order valence-electron chi connectivity index (χ3n) is 4.13. The molecule has 1 aliphatic rings. The van der Waals surface area contributed by atoms with Crippen LogP contribution in [0.2, 0.25) is 0 Å². The molecule has 2 rings (SSSR count). The summed E-state index contributed by atoms with van der Waals surface area (Å²) in [4.78, 5) is 45.4. The van der Waals surface area contributed by atoms with Gasteiger partial charge in [-0.2, -0.15) is 0 Å². The number of nitrogens with one attached hydrogen (secondary N) is 1. The lowest BCUT2D eigenvalue weighted by Crippen LogP contribution is -2.51. The van der Waals surface area contributed by atoms with Crippen LogP contribution in [0.15, 0.2) is 24.3 Å². The Balaban J connectivity index is 2.09. The molecular weight excluding hydrogens is 348 g/mol. The number of nitro groups is 2. The minimum atomic E-state index is -1.05. The van der Waals surface area contributed by atoms with Crippen molar-refractivity contribution in [2.75, 3.05) is 13.7 Å². The van der Waals surface area contributed by atoms with E-state index >= 15 is 0 Å². The maximum absolute atomic E-state index is 12.4. The summed E-state index contributed by atoms with van der Waals surface area (Å²) in [6.45, 7) is 0.163. The van der Waals surface area contributed by atoms with Crippen molar-refractivity contribution in [3.05, 3.63) is 50.1 Å². The van der Waals surface area contributed by atoms with Gasteiger partial charge in [-0.05, 0) is 18.4 Å². The number of hydrazine groups is 1. The number of ether oxygens (including phenoxy) is 1. The Morgan fingerprint density at radius 1 is 1.31 bits per heavy atom. The molecule has 1 fully saturated rings. The summed E-state index contributed by atoms with van der Waals surface area (Å²) < 4.78 is 4.67. The van der Waals surface area contributed by atoms with Crippen LogP contribution in [0, 0.1) is 20.2 Å². The normalized spacial score (nSPS) is 17.4. The highest BCUT2D eigenvalue weighted by atomic mass is 16.7. The molecule has 2 atom stereocenters. The molecule has 0 radical (unpaired) electrons. The Bertz CT molecular complexity index is 706. The lowest BCUT2D eigenvalue weighted by molar-refractivity contribution is -0.656. The molecule has 1 heterocycles. The van der Waals surface area contributed by atoms with Gasteiger partial charge in [0.15, 0.2) is 11.1 Å². The molecule has 1 saturated heterocycles. The van der Waals surface area contributed by atoms with Crippen LogP contribution < -0.4 is 5.32 Å². The number of nitrogens with zero attached hydrogens (tertiary/aromatic N) is 3. The number of carbonyl (C=O) groups is 2. The van der Waals surface area contributed by atoms with Crippen LogP contribution >= 0.6 is 0 Å². The lowest BCUT2D eigenvalue weighted by atomic mass is 10.0. The molecule has 1 amide bonds. The Morgan fingerprint density at radius 3 is 2.50 bits per heavy atom. The first-order valence-corrected chi connectivity index (χ1v) is 7.86. The number of rotatable bonds is 7. The molecule has 0 saturated carbocycles. The third-order valence-corrected chi connectivity index (χ3v) is 4.13. The summed E-state index contributed by atoms with van der Waals surface area (Å²) in [5.41, 5.74) is 0.476. The molecule has 1 aromatic rings. The zero-order valence-corrected chi connectivity index (χ0v) is 14.0. The highest BCUT2D eigenvalue weighted by molar-refractivity contribution is 5.87. The van der Waals surface area contributed by atoms with Gasteiger partial charge in [-0.3, -0.25) is 14.9 Å². The van der Waals surface area contributed by atoms with Gasteiger partial charge in [0, 0.05) is 18.6 Å². The predicted octanol–water partition coefficient (Wildman–Crippen LogP) is 0.451. The van der Waals surface area contributed by atoms with Crippen molar-refractivity contribution in [1.82, 2.24) is 10.3 Å². The van der Waals surface area contributed by atoms with Gasteiger partial charge in [0.2, 0.25) is 5.91 Å². The molecule has 1 aromatic carbocycles. The average molecular weight is 366 g/mol. The highest BCUT2D eigenvalue weighted by Gasteiger charge is 2.39. The Hall–Kier alpha value is -3.24. The van der Waals surface area contributed by atoms with E-state index < -0.39 is 33.9 Å². The predicted molar refractivity (Wildman–Crippen MR) is 87.5 cm³/mol. The van der Waals surface area contributed by atoms with E-state index in [0.717, 1.165) is 12.1 Å². The summed E-state index contributed by atoms with van der Waals surface area (Å²) in [6, 6.07) is 3.52. The van der Waals surface area contributed by atoms with Crippen LogP contribution in [0.3, 0.4) is 0 Å². The lowest BCUT2D eigenvalue weighted by Gasteiger charge is -2.21. The molecule has 0 spiro atoms. The number of methoxy groups -OCH3 is 1. The molecule has 11 heteroatoms. The Kier molecular flexibility index (Phi) is 6.04. The third kappa shape index (κ3) is 4.43. The van der Waals surface area contributed by atoms with Crippen LogP contribution in [0.1, 0.15) is 18.4 Å². The van der Waals surface area contributed by atoms with Gasteiger partial charge in [-0.15, -0.1) is 5.01 Å². The largest absolute Gasteiger partial charge is 0.467 e. The van der Waals surface area contributed by atoms with Crippen molar-refractivity contribution in [3.8, 4) is 0 Å². The fourth-order valence-electron chi connectivity index (χ4n) is 2.81. The van der Waals surface area contributed by atoms with Gasteiger partial charge in [-0.1, -0.05) is 12.1 Å². The summed E-state index contributed by atoms with van der Waals surface area (Å²) in [5.74, 6) is -1.33. The van der Waals surface area contributed by atoms with Gasteiger partial charge in [0.1, 0.15) is 6.04 Å². The SMILES string of the molecule is COC(=O)[C@H](Cc1ccc([N+](=O)[O-])cc1)NC(=O)[C@@H]1CCCN1[N+](=O)[O-]. The second kappa shape index (κ2) is 8.23. The number of amides is 1. The second-order valence-electron chi connectivity index (χ2n) is 5.77. The molecule has 0 aliphatic carbocycles. The van der Waals surface area contributed by atoms with Gasteiger partial charge >= 0.3 is 5.97 Å². The highest BCUT2D eigenvalue weighted by Crippen LogP contribution is 2.18. The molecule has 11 nitrogen and oxygen atoms in total. The quantitative estimate of drug-likeness (QED) is 0.416. The van der Waals surface area contributed by atoms with Crippen LogP contribution in [0.5, 0.6) is 0 Å². The second-order valence-corrected chi connectivity index (χ2v) is 5.77. The van der Waals surface area contributed by atoms with Gasteiger partial charge < -0.3 is 10.1 Å². The zero-order chi connectivity index (χ0) is 19.3. The minimum Gasteiger partial charge on any atom is -0.467 e. The topological polar surface area (TPSA) is 145 Å². The average Bonchev–Trinajstić information content (AvgIpc) is 3.11. The first kappa shape index (κ1) is 19.1. The number of esters is 1. The minimum absolute atomic E-state index is 0.0432. The van der Waals surface area contributed by atoms with Crippen molar-refractivity contribution in [2.45, 2.75) is 31.3 Å². The number of nitro benzene ring substituents is 1. The van der Waals surface area contributed by atoms with Crippen molar-refractivity contribution < 1.29 is 24.3 Å². The van der Waals surface area contributed by atoms with Crippen LogP contribution in [0.4, 0.5) is 5.69 Å². The summed E-state index contributed by atoms with van der Waals surface area (Å²) >= 11 is 0. The molecule has 140 valence electrons. The first-order valence-electron chi connectivity index (χ1n) is 7.86. The van der Waals surface area contributed by atoms with E-state index in [0.29, 0.717) is 18.4 Å². The maximum atomic E-state index is 12.4. The number of carbonyl (C=O) groups excluding carboxylic acids is 2. The number of hydrogen-bond acceptors (Lipinski definition) is 7. The van der Waals surface area contributed by atoms with Crippen LogP contribution in [-0.2, 0) is 20.7 Å². The molecule has 0 unspecified atom stereocenters. The van der Waals surface area contributed by atoms with Crippen LogP contribution in [0.25, 0.3) is 0 Å². The first-order chi connectivity index (χ1) is 12.3. The maximum Gasteiger partial charge on any atom is 0.328 e. The number of hydrogen-bond donors (Lipinski definition) is 1. The van der Waals surface area contributed by atoms with Gasteiger partial charge in [0.25, 0.3) is 5.69 Å². The smallest absolute Gasteiger partial charge is 0.328 e. The summed E-state index contributed by atoms with van der Waals surface area (Å²) in [6.07, 6.45) is 0.865. The van der Waals surface area contributed by atoms with Crippen molar-refractivity contribution in [1.29, 1.82) is 0 Å². The molecule has 1 aliphatic heterocycles. The molecule has 26 heavy (non-hydrogen) atoms. The number of benzene rings is 1.